The quantitative estimate of drug-likeness (QED) is 0.777. The normalized spacial score (nSPS) is 10.7. The lowest BCUT2D eigenvalue weighted by atomic mass is 10.1. The molecule has 0 bridgehead atoms. The van der Waals surface area contributed by atoms with Crippen LogP contribution in [0.4, 0.5) is 0 Å². The molecule has 0 heterocycles. The minimum Gasteiger partial charge on any atom is -0.380 e. The molecule has 1 N–H and O–H groups in total. The summed E-state index contributed by atoms with van der Waals surface area (Å²) in [5.74, 6) is 0. The van der Waals surface area contributed by atoms with Crippen LogP contribution in [0.15, 0.2) is 48.5 Å². The van der Waals surface area contributed by atoms with Crippen LogP contribution >= 0.6 is 0 Å². The molecule has 2 aromatic rings. The molecule has 20 heavy (non-hydrogen) atoms. The number of rotatable bonds is 7. The molecule has 0 aliphatic heterocycles. The average Bonchev–Trinajstić information content (AvgIpc) is 2.46. The van der Waals surface area contributed by atoms with Crippen LogP contribution in [-0.2, 0) is 24.3 Å². The first-order valence-corrected chi connectivity index (χ1v) is 7.11. The van der Waals surface area contributed by atoms with E-state index in [9.17, 15) is 0 Å². The summed E-state index contributed by atoms with van der Waals surface area (Å²) in [5.41, 5.74) is 5.33. The van der Waals surface area contributed by atoms with Crippen molar-refractivity contribution in [2.24, 2.45) is 0 Å². The van der Waals surface area contributed by atoms with E-state index in [1.165, 1.54) is 22.3 Å². The average molecular weight is 269 g/mol. The van der Waals surface area contributed by atoms with E-state index in [-0.39, 0.29) is 0 Å². The predicted molar refractivity (Wildman–Crippen MR) is 83.7 cm³/mol. The van der Waals surface area contributed by atoms with Gasteiger partial charge in [-0.25, -0.2) is 0 Å². The molecule has 0 saturated carbocycles. The number of aryl methyl sites for hydroxylation is 1. The zero-order valence-electron chi connectivity index (χ0n) is 12.4. The summed E-state index contributed by atoms with van der Waals surface area (Å²) in [6, 6.07) is 17.1. The number of hydrogen-bond acceptors (Lipinski definition) is 2. The molecule has 2 nitrogen and oxygen atoms in total. The molecular weight excluding hydrogens is 246 g/mol. The Kier molecular flexibility index (Phi) is 5.78. The van der Waals surface area contributed by atoms with Crippen LogP contribution < -0.4 is 5.32 Å². The molecule has 0 aliphatic rings. The molecule has 106 valence electrons. The van der Waals surface area contributed by atoms with Crippen molar-refractivity contribution >= 4 is 0 Å². The summed E-state index contributed by atoms with van der Waals surface area (Å²) in [6.45, 7) is 4.75. The molecule has 0 atom stereocenters. The summed E-state index contributed by atoms with van der Waals surface area (Å²) in [4.78, 5) is 0. The molecule has 0 aromatic heterocycles. The highest BCUT2D eigenvalue weighted by molar-refractivity contribution is 5.26. The van der Waals surface area contributed by atoms with Crippen molar-refractivity contribution in [2.45, 2.75) is 26.5 Å². The number of benzene rings is 2. The molecule has 0 fully saturated rings. The maximum atomic E-state index is 5.16. The van der Waals surface area contributed by atoms with Crippen molar-refractivity contribution in [3.8, 4) is 0 Å². The van der Waals surface area contributed by atoms with Crippen LogP contribution in [-0.4, -0.2) is 13.7 Å². The first kappa shape index (κ1) is 14.8. The van der Waals surface area contributed by atoms with Gasteiger partial charge in [-0.15, -0.1) is 0 Å². The number of hydrogen-bond donors (Lipinski definition) is 1. The fraction of sp³-hybridized carbons (Fsp3) is 0.333. The maximum Gasteiger partial charge on any atom is 0.0713 e. The highest BCUT2D eigenvalue weighted by Crippen LogP contribution is 2.08. The Morgan fingerprint density at radius 2 is 1.80 bits per heavy atom. The van der Waals surface area contributed by atoms with Crippen molar-refractivity contribution in [2.75, 3.05) is 13.7 Å². The number of ether oxygens (including phenoxy) is 1. The molecule has 0 spiro atoms. The molecule has 0 radical (unpaired) electrons. The van der Waals surface area contributed by atoms with E-state index in [0.29, 0.717) is 6.61 Å². The lowest BCUT2D eigenvalue weighted by molar-refractivity contribution is 0.185. The van der Waals surface area contributed by atoms with Gasteiger partial charge in [-0.1, -0.05) is 48.5 Å². The zero-order valence-corrected chi connectivity index (χ0v) is 12.4. The van der Waals surface area contributed by atoms with Crippen LogP contribution in [0, 0.1) is 6.92 Å². The first-order valence-electron chi connectivity index (χ1n) is 7.11. The molecular formula is C18H23NO. The summed E-state index contributed by atoms with van der Waals surface area (Å²) in [5, 5.41) is 3.51. The van der Waals surface area contributed by atoms with Gasteiger partial charge >= 0.3 is 0 Å². The largest absolute Gasteiger partial charge is 0.380 e. The van der Waals surface area contributed by atoms with Crippen LogP contribution in [0.2, 0.25) is 0 Å². The van der Waals surface area contributed by atoms with Gasteiger partial charge in [0.05, 0.1) is 6.61 Å². The van der Waals surface area contributed by atoms with E-state index in [1.54, 1.807) is 7.11 Å². The lowest BCUT2D eigenvalue weighted by Crippen LogP contribution is -2.17. The van der Waals surface area contributed by atoms with Crippen LogP contribution in [0.25, 0.3) is 0 Å². The fourth-order valence-corrected chi connectivity index (χ4v) is 2.34. The molecule has 0 aliphatic carbocycles. The van der Waals surface area contributed by atoms with E-state index in [4.69, 9.17) is 4.74 Å². The van der Waals surface area contributed by atoms with E-state index in [2.05, 4.69) is 60.8 Å². The molecule has 2 aromatic carbocycles. The Bertz CT molecular complexity index is 536. The van der Waals surface area contributed by atoms with Gasteiger partial charge in [0.25, 0.3) is 0 Å². The van der Waals surface area contributed by atoms with Crippen LogP contribution in [0.5, 0.6) is 0 Å². The van der Waals surface area contributed by atoms with Crippen molar-refractivity contribution in [1.82, 2.24) is 5.32 Å². The maximum absolute atomic E-state index is 5.16. The van der Waals surface area contributed by atoms with E-state index in [0.717, 1.165) is 19.5 Å². The lowest BCUT2D eigenvalue weighted by Gasteiger charge is -2.08. The molecule has 0 amide bonds. The molecule has 0 saturated heterocycles. The Morgan fingerprint density at radius 3 is 2.60 bits per heavy atom. The fourth-order valence-electron chi connectivity index (χ4n) is 2.34. The third-order valence-electron chi connectivity index (χ3n) is 3.46. The van der Waals surface area contributed by atoms with Gasteiger partial charge in [-0.05, 0) is 42.1 Å². The highest BCUT2D eigenvalue weighted by Gasteiger charge is 1.98. The highest BCUT2D eigenvalue weighted by atomic mass is 16.5. The number of methoxy groups -OCH3 is 1. The van der Waals surface area contributed by atoms with Crippen LogP contribution in [0.1, 0.15) is 22.3 Å². The monoisotopic (exact) mass is 269 g/mol. The summed E-state index contributed by atoms with van der Waals surface area (Å²) in [7, 11) is 1.73. The summed E-state index contributed by atoms with van der Waals surface area (Å²) < 4.78 is 5.16. The topological polar surface area (TPSA) is 21.3 Å². The van der Waals surface area contributed by atoms with E-state index >= 15 is 0 Å². The van der Waals surface area contributed by atoms with Gasteiger partial charge in [0.1, 0.15) is 0 Å². The molecule has 2 rings (SSSR count). The Morgan fingerprint density at radius 1 is 1.00 bits per heavy atom. The van der Waals surface area contributed by atoms with Gasteiger partial charge in [0, 0.05) is 13.7 Å². The second-order valence-corrected chi connectivity index (χ2v) is 5.11. The van der Waals surface area contributed by atoms with Crippen LogP contribution in [0.3, 0.4) is 0 Å². The van der Waals surface area contributed by atoms with Gasteiger partial charge in [0.15, 0.2) is 0 Å². The zero-order chi connectivity index (χ0) is 14.2. The Hall–Kier alpha value is -1.64. The second kappa shape index (κ2) is 7.83. The van der Waals surface area contributed by atoms with E-state index < -0.39 is 0 Å². The van der Waals surface area contributed by atoms with Gasteiger partial charge in [-0.3, -0.25) is 0 Å². The SMILES string of the molecule is COCc1cccc(CNCCc2ccccc2C)c1. The van der Waals surface area contributed by atoms with Crippen molar-refractivity contribution < 1.29 is 4.74 Å². The molecule has 2 heteroatoms. The van der Waals surface area contributed by atoms with E-state index in [1.807, 2.05) is 0 Å². The molecule has 0 unspecified atom stereocenters. The second-order valence-electron chi connectivity index (χ2n) is 5.11. The third kappa shape index (κ3) is 4.48. The Balaban J connectivity index is 1.78. The predicted octanol–water partition coefficient (Wildman–Crippen LogP) is 3.47. The van der Waals surface area contributed by atoms with Crippen molar-refractivity contribution in [3.05, 3.63) is 70.8 Å². The van der Waals surface area contributed by atoms with Gasteiger partial charge < -0.3 is 10.1 Å². The van der Waals surface area contributed by atoms with Crippen molar-refractivity contribution in [3.63, 3.8) is 0 Å². The first-order chi connectivity index (χ1) is 9.79. The van der Waals surface area contributed by atoms with Crippen molar-refractivity contribution in [1.29, 1.82) is 0 Å². The number of nitrogens with one attached hydrogen (secondary N) is 1. The van der Waals surface area contributed by atoms with Gasteiger partial charge in [0.2, 0.25) is 0 Å². The standard InChI is InChI=1S/C18H23NO/c1-15-6-3-4-9-18(15)10-11-19-13-16-7-5-8-17(12-16)14-20-2/h3-9,12,19H,10-11,13-14H2,1-2H3. The summed E-state index contributed by atoms with van der Waals surface area (Å²) in [6.07, 6.45) is 1.07. The third-order valence-corrected chi connectivity index (χ3v) is 3.46. The summed E-state index contributed by atoms with van der Waals surface area (Å²) >= 11 is 0. The minimum absolute atomic E-state index is 0.678. The minimum atomic E-state index is 0.678. The van der Waals surface area contributed by atoms with Gasteiger partial charge in [-0.2, -0.15) is 0 Å². The smallest absolute Gasteiger partial charge is 0.0713 e. The Labute approximate surface area is 121 Å².